The first-order valence-electron chi connectivity index (χ1n) is 7.46. The first kappa shape index (κ1) is 12.0. The van der Waals surface area contributed by atoms with E-state index in [9.17, 15) is 5.11 Å². The van der Waals surface area contributed by atoms with Crippen LogP contribution in [0.5, 0.6) is 0 Å². The van der Waals surface area contributed by atoms with Crippen LogP contribution >= 0.6 is 0 Å². The van der Waals surface area contributed by atoms with Gasteiger partial charge in [-0.1, -0.05) is 6.92 Å². The lowest BCUT2D eigenvalue weighted by molar-refractivity contribution is -0.140. The molecule has 0 aliphatic heterocycles. The molecule has 98 valence electrons. The van der Waals surface area contributed by atoms with Gasteiger partial charge in [0.05, 0.1) is 0 Å². The molecule has 4 saturated carbocycles. The fourth-order valence-corrected chi connectivity index (χ4v) is 5.74. The Kier molecular flexibility index (Phi) is 2.79. The van der Waals surface area contributed by atoms with Crippen LogP contribution in [-0.4, -0.2) is 24.3 Å². The summed E-state index contributed by atoms with van der Waals surface area (Å²) in [5.74, 6) is 1.81. The van der Waals surface area contributed by atoms with E-state index >= 15 is 0 Å². The molecule has 4 rings (SSSR count). The average Bonchev–Trinajstić information content (AvgIpc) is 2.27. The summed E-state index contributed by atoms with van der Waals surface area (Å²) in [6, 6.07) is 0.629. The Morgan fingerprint density at radius 1 is 1.24 bits per heavy atom. The summed E-state index contributed by atoms with van der Waals surface area (Å²) in [6.45, 7) is 6.09. The Bertz CT molecular complexity index is 287. The summed E-state index contributed by atoms with van der Waals surface area (Å²) in [5, 5.41) is 13.5. The molecule has 0 aromatic rings. The van der Waals surface area contributed by atoms with Crippen molar-refractivity contribution in [1.29, 1.82) is 0 Å². The van der Waals surface area contributed by atoms with E-state index in [1.165, 1.54) is 38.5 Å². The molecule has 0 spiro atoms. The number of rotatable bonds is 4. The standard InChI is InChI=1S/C15H27NO/c1-3-16-11(2)15-7-12-4-13(8-15)6-14(5-12,9-15)10-17/h11-13,16-17H,3-10H2,1-2H3. The molecule has 4 aliphatic rings. The van der Waals surface area contributed by atoms with Crippen molar-refractivity contribution in [2.75, 3.05) is 13.2 Å². The summed E-state index contributed by atoms with van der Waals surface area (Å²) in [4.78, 5) is 0. The molecule has 0 radical (unpaired) electrons. The van der Waals surface area contributed by atoms with Gasteiger partial charge in [-0.05, 0) is 74.7 Å². The molecule has 3 atom stereocenters. The summed E-state index contributed by atoms with van der Waals surface area (Å²) < 4.78 is 0. The summed E-state index contributed by atoms with van der Waals surface area (Å²) in [7, 11) is 0. The Balaban J connectivity index is 1.87. The van der Waals surface area contributed by atoms with Gasteiger partial charge in [-0.2, -0.15) is 0 Å². The van der Waals surface area contributed by atoms with Gasteiger partial charge < -0.3 is 10.4 Å². The lowest BCUT2D eigenvalue weighted by Crippen LogP contribution is -2.59. The fraction of sp³-hybridized carbons (Fsp3) is 1.00. The molecule has 2 N–H and O–H groups in total. The van der Waals surface area contributed by atoms with Crippen molar-refractivity contribution in [1.82, 2.24) is 5.32 Å². The molecule has 17 heavy (non-hydrogen) atoms. The summed E-state index contributed by atoms with van der Waals surface area (Å²) in [6.07, 6.45) is 8.17. The van der Waals surface area contributed by atoms with E-state index in [0.29, 0.717) is 23.5 Å². The lowest BCUT2D eigenvalue weighted by atomic mass is 9.43. The highest BCUT2D eigenvalue weighted by molar-refractivity contribution is 5.10. The Labute approximate surface area is 105 Å². The molecule has 0 heterocycles. The predicted octanol–water partition coefficient (Wildman–Crippen LogP) is 2.56. The molecule has 4 bridgehead atoms. The van der Waals surface area contributed by atoms with Crippen LogP contribution in [0.4, 0.5) is 0 Å². The number of nitrogens with one attached hydrogen (secondary N) is 1. The minimum absolute atomic E-state index is 0.299. The van der Waals surface area contributed by atoms with Gasteiger partial charge in [0, 0.05) is 12.6 Å². The molecular formula is C15H27NO. The number of aliphatic hydroxyl groups is 1. The van der Waals surface area contributed by atoms with Crippen molar-refractivity contribution in [3.8, 4) is 0 Å². The smallest absolute Gasteiger partial charge is 0.0487 e. The minimum Gasteiger partial charge on any atom is -0.396 e. The highest BCUT2D eigenvalue weighted by atomic mass is 16.3. The molecule has 0 aromatic carbocycles. The first-order valence-corrected chi connectivity index (χ1v) is 7.46. The zero-order chi connectivity index (χ0) is 12.1. The summed E-state index contributed by atoms with van der Waals surface area (Å²) >= 11 is 0. The van der Waals surface area contributed by atoms with Crippen LogP contribution in [0.3, 0.4) is 0 Å². The van der Waals surface area contributed by atoms with Crippen molar-refractivity contribution < 1.29 is 5.11 Å². The Hall–Kier alpha value is -0.0800. The van der Waals surface area contributed by atoms with Crippen molar-refractivity contribution in [2.24, 2.45) is 22.7 Å². The molecule has 0 aromatic heterocycles. The minimum atomic E-state index is 0.299. The van der Waals surface area contributed by atoms with Gasteiger partial charge in [0.15, 0.2) is 0 Å². The van der Waals surface area contributed by atoms with Crippen molar-refractivity contribution in [3.63, 3.8) is 0 Å². The quantitative estimate of drug-likeness (QED) is 0.787. The second-order valence-electron chi connectivity index (χ2n) is 7.26. The van der Waals surface area contributed by atoms with Gasteiger partial charge in [0.2, 0.25) is 0 Å². The topological polar surface area (TPSA) is 32.3 Å². The summed E-state index contributed by atoms with van der Waals surface area (Å²) in [5.41, 5.74) is 0.802. The van der Waals surface area contributed by atoms with Gasteiger partial charge in [-0.15, -0.1) is 0 Å². The molecule has 0 amide bonds. The zero-order valence-electron chi connectivity index (χ0n) is 11.3. The van der Waals surface area contributed by atoms with Gasteiger partial charge in [0.25, 0.3) is 0 Å². The number of hydrogen-bond acceptors (Lipinski definition) is 2. The van der Waals surface area contributed by atoms with Crippen LogP contribution in [0, 0.1) is 22.7 Å². The first-order chi connectivity index (χ1) is 8.11. The van der Waals surface area contributed by atoms with Crippen LogP contribution in [0.1, 0.15) is 52.4 Å². The van der Waals surface area contributed by atoms with Crippen LogP contribution in [0.25, 0.3) is 0 Å². The maximum absolute atomic E-state index is 9.84. The average molecular weight is 237 g/mol. The van der Waals surface area contributed by atoms with Crippen LogP contribution < -0.4 is 5.32 Å². The highest BCUT2D eigenvalue weighted by Crippen LogP contribution is 2.66. The Morgan fingerprint density at radius 3 is 2.41 bits per heavy atom. The third kappa shape index (κ3) is 1.76. The van der Waals surface area contributed by atoms with Gasteiger partial charge >= 0.3 is 0 Å². The van der Waals surface area contributed by atoms with Crippen LogP contribution in [0.15, 0.2) is 0 Å². The van der Waals surface area contributed by atoms with Crippen molar-refractivity contribution >= 4 is 0 Å². The lowest BCUT2D eigenvalue weighted by Gasteiger charge is -2.63. The van der Waals surface area contributed by atoms with Gasteiger partial charge in [-0.3, -0.25) is 0 Å². The number of aliphatic hydroxyl groups excluding tert-OH is 1. The maximum atomic E-state index is 9.84. The fourth-order valence-electron chi connectivity index (χ4n) is 5.74. The molecule has 2 nitrogen and oxygen atoms in total. The monoisotopic (exact) mass is 237 g/mol. The molecule has 4 aliphatic carbocycles. The van der Waals surface area contributed by atoms with E-state index in [-0.39, 0.29) is 0 Å². The third-order valence-corrected chi connectivity index (χ3v) is 5.99. The molecule has 0 saturated heterocycles. The van der Waals surface area contributed by atoms with E-state index in [0.717, 1.165) is 18.4 Å². The molecule has 3 unspecified atom stereocenters. The van der Waals surface area contributed by atoms with Crippen LogP contribution in [-0.2, 0) is 0 Å². The second-order valence-corrected chi connectivity index (χ2v) is 7.26. The normalized spacial score (nSPS) is 49.6. The van der Waals surface area contributed by atoms with Crippen molar-refractivity contribution in [2.45, 2.75) is 58.4 Å². The zero-order valence-corrected chi connectivity index (χ0v) is 11.3. The molecular weight excluding hydrogens is 210 g/mol. The maximum Gasteiger partial charge on any atom is 0.0487 e. The van der Waals surface area contributed by atoms with Crippen molar-refractivity contribution in [3.05, 3.63) is 0 Å². The van der Waals surface area contributed by atoms with Gasteiger partial charge in [-0.25, -0.2) is 0 Å². The second kappa shape index (κ2) is 3.96. The number of hydrogen-bond donors (Lipinski definition) is 2. The van der Waals surface area contributed by atoms with E-state index in [1.54, 1.807) is 0 Å². The van der Waals surface area contributed by atoms with Gasteiger partial charge in [0.1, 0.15) is 0 Å². The van der Waals surface area contributed by atoms with E-state index in [1.807, 2.05) is 0 Å². The third-order valence-electron chi connectivity index (χ3n) is 5.99. The SMILES string of the molecule is CCNC(C)C12CC3CC(CC(CO)(C3)C1)C2. The van der Waals surface area contributed by atoms with Crippen LogP contribution in [0.2, 0.25) is 0 Å². The van der Waals surface area contributed by atoms with E-state index in [2.05, 4.69) is 19.2 Å². The highest BCUT2D eigenvalue weighted by Gasteiger charge is 2.58. The molecule has 2 heteroatoms. The molecule has 4 fully saturated rings. The van der Waals surface area contributed by atoms with E-state index < -0.39 is 0 Å². The largest absolute Gasteiger partial charge is 0.396 e. The van der Waals surface area contributed by atoms with E-state index in [4.69, 9.17) is 0 Å². The predicted molar refractivity (Wildman–Crippen MR) is 69.8 cm³/mol. The Morgan fingerprint density at radius 2 is 1.88 bits per heavy atom.